The lowest BCUT2D eigenvalue weighted by Crippen LogP contribution is -2.11. The van der Waals surface area contributed by atoms with Crippen molar-refractivity contribution in [2.24, 2.45) is 5.73 Å². The first kappa shape index (κ1) is 12.5. The van der Waals surface area contributed by atoms with Gasteiger partial charge in [-0.25, -0.2) is 0 Å². The number of hydrogen-bond acceptors (Lipinski definition) is 2. The molecule has 2 nitrogen and oxygen atoms in total. The minimum Gasteiger partial charge on any atom is -0.491 e. The molecule has 0 aliphatic carbocycles. The van der Waals surface area contributed by atoms with E-state index in [9.17, 15) is 0 Å². The number of hydrogen-bond donors (Lipinski definition) is 1. The van der Waals surface area contributed by atoms with Crippen molar-refractivity contribution in [3.63, 3.8) is 0 Å². The van der Waals surface area contributed by atoms with Gasteiger partial charge in [-0.2, -0.15) is 0 Å². The molecule has 0 radical (unpaired) electrons. The number of benzene rings is 1. The first-order valence-electron chi connectivity index (χ1n) is 5.32. The van der Waals surface area contributed by atoms with Crippen LogP contribution in [0.4, 0.5) is 0 Å². The summed E-state index contributed by atoms with van der Waals surface area (Å²) in [5, 5.41) is 0. The molecule has 0 heterocycles. The van der Waals surface area contributed by atoms with Crippen molar-refractivity contribution in [3.8, 4) is 5.75 Å². The normalized spacial score (nSPS) is 12.5. The summed E-state index contributed by atoms with van der Waals surface area (Å²) in [6.45, 7) is 4.78. The van der Waals surface area contributed by atoms with E-state index in [1.54, 1.807) is 0 Å². The molecule has 1 unspecified atom stereocenters. The molecule has 3 heteroatoms. The summed E-state index contributed by atoms with van der Waals surface area (Å²) < 4.78 is 6.82. The molecule has 84 valence electrons. The van der Waals surface area contributed by atoms with E-state index >= 15 is 0 Å². The zero-order chi connectivity index (χ0) is 11.3. The summed E-state index contributed by atoms with van der Waals surface area (Å²) in [6.07, 6.45) is 2.48. The Labute approximate surface area is 99.9 Å². The molecule has 15 heavy (non-hydrogen) atoms. The summed E-state index contributed by atoms with van der Waals surface area (Å²) in [5.74, 6) is 0.902. The predicted octanol–water partition coefficient (Wildman–Crippen LogP) is 3.48. The topological polar surface area (TPSA) is 35.2 Å². The van der Waals surface area contributed by atoms with E-state index in [0.29, 0.717) is 6.54 Å². The van der Waals surface area contributed by atoms with Crippen molar-refractivity contribution in [2.45, 2.75) is 39.3 Å². The zero-order valence-electron chi connectivity index (χ0n) is 9.29. The van der Waals surface area contributed by atoms with Gasteiger partial charge in [-0.3, -0.25) is 0 Å². The molecule has 0 aliphatic heterocycles. The summed E-state index contributed by atoms with van der Waals surface area (Å²) in [6, 6.07) is 5.95. The third kappa shape index (κ3) is 3.84. The maximum absolute atomic E-state index is 5.78. The number of ether oxygens (including phenoxy) is 1. The van der Waals surface area contributed by atoms with Gasteiger partial charge in [0.1, 0.15) is 5.75 Å². The summed E-state index contributed by atoms with van der Waals surface area (Å²) in [4.78, 5) is 0. The second-order valence-electron chi connectivity index (χ2n) is 3.67. The van der Waals surface area contributed by atoms with E-state index in [4.69, 9.17) is 10.5 Å². The van der Waals surface area contributed by atoms with Gasteiger partial charge in [-0.1, -0.05) is 29.3 Å². The molecule has 2 N–H and O–H groups in total. The monoisotopic (exact) mass is 271 g/mol. The van der Waals surface area contributed by atoms with Crippen LogP contribution in [0.5, 0.6) is 5.75 Å². The van der Waals surface area contributed by atoms with Gasteiger partial charge in [0, 0.05) is 11.0 Å². The molecule has 1 aromatic carbocycles. The maximum Gasteiger partial charge on any atom is 0.120 e. The van der Waals surface area contributed by atoms with Crippen LogP contribution in [0.1, 0.15) is 32.3 Å². The standard InChI is InChI=1S/C12H18BrNO/c1-3-4-9(2)15-11-5-6-12(13)10(7-11)8-14/h5-7,9H,3-4,8,14H2,1-2H3. The van der Waals surface area contributed by atoms with E-state index in [1.807, 2.05) is 18.2 Å². The van der Waals surface area contributed by atoms with Crippen molar-refractivity contribution >= 4 is 15.9 Å². The molecular weight excluding hydrogens is 254 g/mol. The predicted molar refractivity (Wildman–Crippen MR) is 67.0 cm³/mol. The van der Waals surface area contributed by atoms with Gasteiger partial charge in [0.25, 0.3) is 0 Å². The Morgan fingerprint density at radius 3 is 2.80 bits per heavy atom. The van der Waals surface area contributed by atoms with Crippen LogP contribution in [0.15, 0.2) is 22.7 Å². The molecule has 0 spiro atoms. The van der Waals surface area contributed by atoms with Gasteiger partial charge < -0.3 is 10.5 Å². The lowest BCUT2D eigenvalue weighted by Gasteiger charge is -2.14. The second-order valence-corrected chi connectivity index (χ2v) is 4.53. The fraction of sp³-hybridized carbons (Fsp3) is 0.500. The van der Waals surface area contributed by atoms with Crippen molar-refractivity contribution in [3.05, 3.63) is 28.2 Å². The molecule has 1 atom stereocenters. The highest BCUT2D eigenvalue weighted by Gasteiger charge is 2.05. The first-order chi connectivity index (χ1) is 7.17. The smallest absolute Gasteiger partial charge is 0.120 e. The molecule has 0 aliphatic rings. The number of rotatable bonds is 5. The highest BCUT2D eigenvalue weighted by Crippen LogP contribution is 2.23. The number of nitrogens with two attached hydrogens (primary N) is 1. The molecule has 0 aromatic heterocycles. The fourth-order valence-electron chi connectivity index (χ4n) is 1.48. The lowest BCUT2D eigenvalue weighted by atomic mass is 10.2. The van der Waals surface area contributed by atoms with Crippen LogP contribution in [-0.2, 0) is 6.54 Å². The summed E-state index contributed by atoms with van der Waals surface area (Å²) >= 11 is 3.45. The fourth-order valence-corrected chi connectivity index (χ4v) is 1.89. The van der Waals surface area contributed by atoms with Crippen LogP contribution < -0.4 is 10.5 Å². The van der Waals surface area contributed by atoms with Gasteiger partial charge in [0.2, 0.25) is 0 Å². The third-order valence-electron chi connectivity index (χ3n) is 2.27. The Balaban J connectivity index is 2.69. The molecule has 0 saturated heterocycles. The van der Waals surface area contributed by atoms with E-state index in [0.717, 1.165) is 28.6 Å². The minimum absolute atomic E-state index is 0.266. The van der Waals surface area contributed by atoms with Crippen molar-refractivity contribution in [2.75, 3.05) is 0 Å². The second kappa shape index (κ2) is 6.13. The van der Waals surface area contributed by atoms with E-state index in [1.165, 1.54) is 0 Å². The zero-order valence-corrected chi connectivity index (χ0v) is 10.9. The van der Waals surface area contributed by atoms with E-state index in [-0.39, 0.29) is 6.10 Å². The van der Waals surface area contributed by atoms with E-state index < -0.39 is 0 Å². The molecule has 0 fully saturated rings. The lowest BCUT2D eigenvalue weighted by molar-refractivity contribution is 0.209. The minimum atomic E-state index is 0.266. The van der Waals surface area contributed by atoms with Crippen LogP contribution in [0.2, 0.25) is 0 Å². The SMILES string of the molecule is CCCC(C)Oc1ccc(Br)c(CN)c1. The highest BCUT2D eigenvalue weighted by atomic mass is 79.9. The molecule has 1 rings (SSSR count). The van der Waals surface area contributed by atoms with Gasteiger partial charge in [0.05, 0.1) is 6.10 Å². The Morgan fingerprint density at radius 1 is 1.47 bits per heavy atom. The quantitative estimate of drug-likeness (QED) is 0.890. The van der Waals surface area contributed by atoms with Crippen LogP contribution in [0.25, 0.3) is 0 Å². The Kier molecular flexibility index (Phi) is 5.12. The Hall–Kier alpha value is -0.540. The summed E-state index contributed by atoms with van der Waals surface area (Å²) in [7, 11) is 0. The Morgan fingerprint density at radius 2 is 2.20 bits per heavy atom. The molecular formula is C12H18BrNO. The van der Waals surface area contributed by atoms with E-state index in [2.05, 4.69) is 29.8 Å². The average molecular weight is 272 g/mol. The van der Waals surface area contributed by atoms with Gasteiger partial charge in [0.15, 0.2) is 0 Å². The van der Waals surface area contributed by atoms with Crippen LogP contribution >= 0.6 is 15.9 Å². The van der Waals surface area contributed by atoms with Crippen LogP contribution in [-0.4, -0.2) is 6.10 Å². The van der Waals surface area contributed by atoms with Crippen molar-refractivity contribution < 1.29 is 4.74 Å². The van der Waals surface area contributed by atoms with Crippen molar-refractivity contribution in [1.29, 1.82) is 0 Å². The average Bonchev–Trinajstić information content (AvgIpc) is 2.21. The third-order valence-corrected chi connectivity index (χ3v) is 3.04. The number of halogens is 1. The van der Waals surface area contributed by atoms with Crippen LogP contribution in [0, 0.1) is 0 Å². The molecule has 0 amide bonds. The van der Waals surface area contributed by atoms with Gasteiger partial charge in [-0.05, 0) is 37.1 Å². The Bertz CT molecular complexity index is 314. The molecule has 0 saturated carbocycles. The van der Waals surface area contributed by atoms with Crippen molar-refractivity contribution in [1.82, 2.24) is 0 Å². The van der Waals surface area contributed by atoms with Gasteiger partial charge in [-0.15, -0.1) is 0 Å². The largest absolute Gasteiger partial charge is 0.491 e. The highest BCUT2D eigenvalue weighted by molar-refractivity contribution is 9.10. The van der Waals surface area contributed by atoms with Crippen LogP contribution in [0.3, 0.4) is 0 Å². The molecule has 0 bridgehead atoms. The molecule has 1 aromatic rings. The summed E-state index contributed by atoms with van der Waals surface area (Å²) in [5.41, 5.74) is 6.70. The maximum atomic E-state index is 5.78. The van der Waals surface area contributed by atoms with Gasteiger partial charge >= 0.3 is 0 Å². The first-order valence-corrected chi connectivity index (χ1v) is 6.11.